The van der Waals surface area contributed by atoms with E-state index in [9.17, 15) is 14.3 Å². The van der Waals surface area contributed by atoms with Gasteiger partial charge in [0.25, 0.3) is 0 Å². The lowest BCUT2D eigenvalue weighted by Gasteiger charge is -2.12. The molecule has 1 aromatic heterocycles. The molecule has 2 rings (SSSR count). The van der Waals surface area contributed by atoms with Gasteiger partial charge >= 0.3 is 0 Å². The van der Waals surface area contributed by atoms with Crippen molar-refractivity contribution >= 4 is 11.6 Å². The van der Waals surface area contributed by atoms with E-state index in [2.05, 4.69) is 15.8 Å². The van der Waals surface area contributed by atoms with Gasteiger partial charge in [0, 0.05) is 12.4 Å². The Labute approximate surface area is 115 Å². The number of benzene rings is 1. The molecular weight excluding hydrogens is 261 g/mol. The third-order valence-corrected chi connectivity index (χ3v) is 2.64. The van der Waals surface area contributed by atoms with Crippen LogP contribution in [0.5, 0.6) is 0 Å². The van der Waals surface area contributed by atoms with Crippen LogP contribution in [0.4, 0.5) is 10.1 Å². The summed E-state index contributed by atoms with van der Waals surface area (Å²) >= 11 is 0. The van der Waals surface area contributed by atoms with Crippen molar-refractivity contribution in [3.05, 3.63) is 60.2 Å². The maximum atomic E-state index is 13.0. The van der Waals surface area contributed by atoms with Gasteiger partial charge in [-0.05, 0) is 29.8 Å². The summed E-state index contributed by atoms with van der Waals surface area (Å²) in [6.07, 6.45) is 1.94. The number of nitrogens with zero attached hydrogens (tertiary/aromatic N) is 1. The van der Waals surface area contributed by atoms with E-state index in [0.717, 1.165) is 0 Å². The third kappa shape index (κ3) is 4.03. The predicted octanol–water partition coefficient (Wildman–Crippen LogP) is 1.79. The van der Waals surface area contributed by atoms with Crippen LogP contribution in [-0.4, -0.2) is 16.0 Å². The standard InChI is InChI=1S/C14H14FN3O2/c15-11-3-1-2-10(8-11)13(19)9-14(20)18-17-12-4-6-16-7-5-12/h1-8,13,19H,9H2,(H,16,17)(H,18,20). The van der Waals surface area contributed by atoms with Crippen LogP contribution >= 0.6 is 0 Å². The van der Waals surface area contributed by atoms with Gasteiger partial charge in [-0.3, -0.25) is 20.6 Å². The Morgan fingerprint density at radius 1 is 1.30 bits per heavy atom. The SMILES string of the molecule is O=C(CC(O)c1cccc(F)c1)NNc1ccncc1. The molecule has 0 saturated carbocycles. The molecule has 1 heterocycles. The number of aromatic nitrogens is 1. The van der Waals surface area contributed by atoms with Crippen LogP contribution in [0.2, 0.25) is 0 Å². The zero-order chi connectivity index (χ0) is 14.4. The Balaban J connectivity index is 1.85. The number of carbonyl (C=O) groups is 1. The van der Waals surface area contributed by atoms with Gasteiger partial charge in [-0.1, -0.05) is 12.1 Å². The van der Waals surface area contributed by atoms with E-state index in [0.29, 0.717) is 11.3 Å². The Bertz CT molecular complexity index is 578. The number of anilines is 1. The van der Waals surface area contributed by atoms with E-state index < -0.39 is 17.8 Å². The van der Waals surface area contributed by atoms with E-state index in [-0.39, 0.29) is 6.42 Å². The zero-order valence-electron chi connectivity index (χ0n) is 10.6. The van der Waals surface area contributed by atoms with Crippen molar-refractivity contribution in [1.29, 1.82) is 0 Å². The molecule has 1 amide bonds. The molecule has 6 heteroatoms. The highest BCUT2D eigenvalue weighted by Crippen LogP contribution is 2.17. The highest BCUT2D eigenvalue weighted by molar-refractivity contribution is 5.78. The van der Waals surface area contributed by atoms with Crippen molar-refractivity contribution in [3.8, 4) is 0 Å². The summed E-state index contributed by atoms with van der Waals surface area (Å²) in [5.41, 5.74) is 6.17. The number of aliphatic hydroxyl groups is 1. The maximum Gasteiger partial charge on any atom is 0.241 e. The van der Waals surface area contributed by atoms with Gasteiger partial charge in [0.1, 0.15) is 5.82 Å². The van der Waals surface area contributed by atoms with E-state index in [4.69, 9.17) is 0 Å². The molecule has 1 aromatic carbocycles. The van der Waals surface area contributed by atoms with Gasteiger partial charge in [0.15, 0.2) is 0 Å². The molecule has 1 unspecified atom stereocenters. The topological polar surface area (TPSA) is 74.2 Å². The first-order valence-electron chi connectivity index (χ1n) is 6.03. The van der Waals surface area contributed by atoms with Gasteiger partial charge in [-0.25, -0.2) is 4.39 Å². The smallest absolute Gasteiger partial charge is 0.241 e. The molecule has 0 bridgehead atoms. The van der Waals surface area contributed by atoms with Crippen LogP contribution in [0.15, 0.2) is 48.8 Å². The molecule has 0 saturated heterocycles. The zero-order valence-corrected chi connectivity index (χ0v) is 10.6. The van der Waals surface area contributed by atoms with E-state index >= 15 is 0 Å². The number of halogens is 1. The number of hydrogen-bond donors (Lipinski definition) is 3. The number of hydrazine groups is 1. The minimum Gasteiger partial charge on any atom is -0.388 e. The van der Waals surface area contributed by atoms with Crippen molar-refractivity contribution in [2.75, 3.05) is 5.43 Å². The molecular formula is C14H14FN3O2. The number of carbonyl (C=O) groups excluding carboxylic acids is 1. The molecule has 0 aliphatic rings. The minimum atomic E-state index is -1.05. The molecule has 0 radical (unpaired) electrons. The van der Waals surface area contributed by atoms with Crippen molar-refractivity contribution < 1.29 is 14.3 Å². The van der Waals surface area contributed by atoms with Gasteiger partial charge in [-0.15, -0.1) is 0 Å². The highest BCUT2D eigenvalue weighted by atomic mass is 19.1. The Morgan fingerprint density at radius 2 is 2.05 bits per heavy atom. The van der Waals surface area contributed by atoms with Crippen LogP contribution < -0.4 is 10.9 Å². The first-order valence-corrected chi connectivity index (χ1v) is 6.03. The number of amides is 1. The molecule has 104 valence electrons. The van der Waals surface area contributed by atoms with Gasteiger partial charge < -0.3 is 5.11 Å². The second kappa shape index (κ2) is 6.63. The summed E-state index contributed by atoms with van der Waals surface area (Å²) < 4.78 is 13.0. The monoisotopic (exact) mass is 275 g/mol. The molecule has 0 fully saturated rings. The van der Waals surface area contributed by atoms with Gasteiger partial charge in [0.05, 0.1) is 18.2 Å². The van der Waals surface area contributed by atoms with Gasteiger partial charge in [0.2, 0.25) is 5.91 Å². The normalized spacial score (nSPS) is 11.7. The minimum absolute atomic E-state index is 0.165. The largest absolute Gasteiger partial charge is 0.388 e. The molecule has 0 aliphatic carbocycles. The second-order valence-electron chi connectivity index (χ2n) is 4.18. The van der Waals surface area contributed by atoms with Crippen LogP contribution in [0, 0.1) is 5.82 Å². The van der Waals surface area contributed by atoms with E-state index in [1.54, 1.807) is 30.6 Å². The Kier molecular flexibility index (Phi) is 4.62. The predicted molar refractivity (Wildman–Crippen MR) is 72.0 cm³/mol. The first kappa shape index (κ1) is 14.0. The summed E-state index contributed by atoms with van der Waals surface area (Å²) in [4.78, 5) is 15.5. The second-order valence-corrected chi connectivity index (χ2v) is 4.18. The number of rotatable bonds is 5. The average molecular weight is 275 g/mol. The summed E-state index contributed by atoms with van der Waals surface area (Å²) in [6, 6.07) is 8.90. The average Bonchev–Trinajstić information content (AvgIpc) is 2.46. The fraction of sp³-hybridized carbons (Fsp3) is 0.143. The van der Waals surface area contributed by atoms with Crippen molar-refractivity contribution in [2.24, 2.45) is 0 Å². The van der Waals surface area contributed by atoms with Crippen molar-refractivity contribution in [3.63, 3.8) is 0 Å². The molecule has 3 N–H and O–H groups in total. The number of pyridine rings is 1. The van der Waals surface area contributed by atoms with E-state index in [1.165, 1.54) is 18.2 Å². The highest BCUT2D eigenvalue weighted by Gasteiger charge is 2.13. The summed E-state index contributed by atoms with van der Waals surface area (Å²) in [7, 11) is 0. The lowest BCUT2D eigenvalue weighted by atomic mass is 10.1. The molecule has 2 aromatic rings. The molecule has 1 atom stereocenters. The Morgan fingerprint density at radius 3 is 2.75 bits per heavy atom. The lowest BCUT2D eigenvalue weighted by Crippen LogP contribution is -2.30. The summed E-state index contributed by atoms with van der Waals surface area (Å²) in [5, 5.41) is 9.85. The van der Waals surface area contributed by atoms with Crippen molar-refractivity contribution in [1.82, 2.24) is 10.4 Å². The van der Waals surface area contributed by atoms with Crippen LogP contribution in [-0.2, 0) is 4.79 Å². The number of nitrogens with one attached hydrogen (secondary N) is 2. The van der Waals surface area contributed by atoms with Crippen LogP contribution in [0.1, 0.15) is 18.1 Å². The number of hydrogen-bond acceptors (Lipinski definition) is 4. The lowest BCUT2D eigenvalue weighted by molar-refractivity contribution is -0.122. The van der Waals surface area contributed by atoms with Crippen LogP contribution in [0.3, 0.4) is 0 Å². The fourth-order valence-corrected chi connectivity index (χ4v) is 1.64. The van der Waals surface area contributed by atoms with Crippen LogP contribution in [0.25, 0.3) is 0 Å². The number of aliphatic hydroxyl groups excluding tert-OH is 1. The van der Waals surface area contributed by atoms with Gasteiger partial charge in [-0.2, -0.15) is 0 Å². The Hall–Kier alpha value is -2.47. The maximum absolute atomic E-state index is 13.0. The van der Waals surface area contributed by atoms with E-state index in [1.807, 2.05) is 0 Å². The molecule has 5 nitrogen and oxygen atoms in total. The first-order chi connectivity index (χ1) is 9.65. The van der Waals surface area contributed by atoms with Crippen molar-refractivity contribution in [2.45, 2.75) is 12.5 Å². The molecule has 20 heavy (non-hydrogen) atoms. The molecule has 0 spiro atoms. The quantitative estimate of drug-likeness (QED) is 0.727. The summed E-state index contributed by atoms with van der Waals surface area (Å²) in [6.45, 7) is 0. The fourth-order valence-electron chi connectivity index (χ4n) is 1.64. The molecule has 0 aliphatic heterocycles. The summed E-state index contributed by atoms with van der Waals surface area (Å²) in [5.74, 6) is -0.851. The third-order valence-electron chi connectivity index (χ3n) is 2.64.